The molecule has 164 valence electrons. The highest BCUT2D eigenvalue weighted by Gasteiger charge is 2.76. The molecule has 7 nitrogen and oxygen atoms in total. The standard InChI is InChI=1S/C22H28NO2.ClHO4/c1-6-24-22(25-7-2)20(3,4)19-16-12-8-9-13-17(16)21(22,5)18-14-10-11-15-23(18)19;2-1(3,4)5/h8-15,19H,6-7H2,1-5H3;(H,2,3,4,5)/q+1;/p-1/t19-,21-;/m0./s1. The molecule has 0 fully saturated rings. The van der Waals surface area contributed by atoms with Gasteiger partial charge in [-0.05, 0) is 40.2 Å². The van der Waals surface area contributed by atoms with Crippen LogP contribution >= 0.6 is 0 Å². The summed E-state index contributed by atoms with van der Waals surface area (Å²) in [4.78, 5) is 0. The smallest absolute Gasteiger partial charge is 0.199 e. The Morgan fingerprint density at radius 1 is 0.900 bits per heavy atom. The molecule has 2 bridgehead atoms. The topological polar surface area (TPSA) is 115 Å². The van der Waals surface area contributed by atoms with Crippen LogP contribution in [0, 0.1) is 15.7 Å². The van der Waals surface area contributed by atoms with Crippen molar-refractivity contribution >= 4 is 0 Å². The van der Waals surface area contributed by atoms with Crippen LogP contribution in [0.3, 0.4) is 0 Å². The molecule has 8 heteroatoms. The molecule has 0 saturated carbocycles. The van der Waals surface area contributed by atoms with Crippen LogP contribution in [0.1, 0.15) is 57.5 Å². The van der Waals surface area contributed by atoms with Gasteiger partial charge in [-0.15, -0.1) is 10.2 Å². The summed E-state index contributed by atoms with van der Waals surface area (Å²) >= 11 is 0. The molecule has 0 amide bonds. The van der Waals surface area contributed by atoms with E-state index in [2.05, 4.69) is 87.8 Å². The summed E-state index contributed by atoms with van der Waals surface area (Å²) in [7, 11) is -4.94. The third-order valence-corrected chi connectivity index (χ3v) is 6.36. The van der Waals surface area contributed by atoms with Crippen molar-refractivity contribution in [1.82, 2.24) is 0 Å². The zero-order chi connectivity index (χ0) is 22.4. The SMILES string of the molecule is CCOC1(OCC)C(C)(C)[C@@H]2c3ccccc3[C@@]1(C)c1cccc[n+]12.[O-][Cl+3]([O-])([O-])[O-]. The third kappa shape index (κ3) is 3.26. The normalized spacial score (nSPS) is 25.0. The van der Waals surface area contributed by atoms with Crippen LogP contribution < -0.4 is 23.2 Å². The summed E-state index contributed by atoms with van der Waals surface area (Å²) < 4.78 is 49.5. The van der Waals surface area contributed by atoms with Gasteiger partial charge in [-0.3, -0.25) is 0 Å². The van der Waals surface area contributed by atoms with E-state index in [1.807, 2.05) is 0 Å². The van der Waals surface area contributed by atoms with E-state index < -0.39 is 16.0 Å². The second-order valence-electron chi connectivity index (χ2n) is 8.19. The highest BCUT2D eigenvalue weighted by Crippen LogP contribution is 2.64. The maximum Gasteiger partial charge on any atom is 0.199 e. The van der Waals surface area contributed by atoms with Crippen LogP contribution in [0.15, 0.2) is 48.7 Å². The average Bonchev–Trinajstić information content (AvgIpc) is 2.65. The number of benzene rings is 1. The Labute approximate surface area is 179 Å². The number of halogens is 1. The highest BCUT2D eigenvalue weighted by molar-refractivity contribution is 5.50. The lowest BCUT2D eigenvalue weighted by molar-refractivity contribution is -2.00. The van der Waals surface area contributed by atoms with E-state index in [0.717, 1.165) is 0 Å². The minimum absolute atomic E-state index is 0.180. The molecule has 3 aliphatic rings. The summed E-state index contributed by atoms with van der Waals surface area (Å²) in [5.74, 6) is -0.704. The Morgan fingerprint density at radius 3 is 2.00 bits per heavy atom. The number of nitrogens with zero attached hydrogens (tertiary/aromatic N) is 1. The molecule has 30 heavy (non-hydrogen) atoms. The maximum atomic E-state index is 8.49. The van der Waals surface area contributed by atoms with E-state index in [0.29, 0.717) is 13.2 Å². The van der Waals surface area contributed by atoms with Crippen molar-refractivity contribution in [3.05, 3.63) is 65.5 Å². The lowest BCUT2D eigenvalue weighted by atomic mass is 9.50. The fraction of sp³-hybridized carbons (Fsp3) is 0.500. The molecule has 0 unspecified atom stereocenters. The van der Waals surface area contributed by atoms with Crippen LogP contribution in [0.2, 0.25) is 0 Å². The van der Waals surface area contributed by atoms with Crippen LogP contribution in [0.4, 0.5) is 0 Å². The number of pyridine rings is 1. The Morgan fingerprint density at radius 2 is 1.43 bits per heavy atom. The molecule has 1 aromatic carbocycles. The molecular weight excluding hydrogens is 410 g/mol. The van der Waals surface area contributed by atoms with Crippen molar-refractivity contribution in [1.29, 1.82) is 0 Å². The van der Waals surface area contributed by atoms with Gasteiger partial charge in [0, 0.05) is 30.9 Å². The second kappa shape index (κ2) is 7.84. The van der Waals surface area contributed by atoms with Crippen molar-refractivity contribution in [3.8, 4) is 0 Å². The zero-order valence-electron chi connectivity index (χ0n) is 17.9. The number of hydrogen-bond acceptors (Lipinski definition) is 6. The van der Waals surface area contributed by atoms with Gasteiger partial charge in [-0.1, -0.05) is 30.3 Å². The summed E-state index contributed by atoms with van der Waals surface area (Å²) in [6, 6.07) is 15.4. The first kappa shape index (κ1) is 23.1. The van der Waals surface area contributed by atoms with Gasteiger partial charge in [0.15, 0.2) is 23.7 Å². The number of fused-ring (bicyclic) bond motifs is 1. The van der Waals surface area contributed by atoms with E-state index in [4.69, 9.17) is 28.1 Å². The highest BCUT2D eigenvalue weighted by atomic mass is 35.7. The molecule has 0 spiro atoms. The molecule has 1 aromatic heterocycles. The summed E-state index contributed by atoms with van der Waals surface area (Å²) in [6.45, 7) is 12.3. The van der Waals surface area contributed by atoms with Gasteiger partial charge in [-0.2, -0.15) is 4.57 Å². The molecule has 0 saturated heterocycles. The molecule has 2 aliphatic heterocycles. The fourth-order valence-electron chi connectivity index (χ4n) is 5.60. The fourth-order valence-corrected chi connectivity index (χ4v) is 5.60. The first-order chi connectivity index (χ1) is 14.0. The second-order valence-corrected chi connectivity index (χ2v) is 8.95. The molecule has 1 aliphatic carbocycles. The van der Waals surface area contributed by atoms with Gasteiger partial charge >= 0.3 is 0 Å². The molecule has 2 aromatic rings. The molecule has 0 radical (unpaired) electrons. The van der Waals surface area contributed by atoms with Gasteiger partial charge in [0.05, 0.1) is 5.41 Å². The van der Waals surface area contributed by atoms with E-state index in [9.17, 15) is 0 Å². The molecular formula is C22H28ClNO6. The Kier molecular flexibility index (Phi) is 6.03. The Hall–Kier alpha value is -1.58. The Balaban J connectivity index is 0.000000461. The molecule has 5 rings (SSSR count). The predicted molar refractivity (Wildman–Crippen MR) is 97.4 cm³/mol. The van der Waals surface area contributed by atoms with Crippen LogP contribution in [0.25, 0.3) is 0 Å². The molecule has 2 atom stereocenters. The van der Waals surface area contributed by atoms with Gasteiger partial charge in [0.2, 0.25) is 0 Å². The average molecular weight is 438 g/mol. The van der Waals surface area contributed by atoms with Gasteiger partial charge in [0.1, 0.15) is 5.41 Å². The predicted octanol–water partition coefficient (Wildman–Crippen LogP) is -0.764. The van der Waals surface area contributed by atoms with Crippen molar-refractivity contribution < 1.29 is 42.9 Å². The molecule has 3 heterocycles. The Bertz CT molecular complexity index is 851. The van der Waals surface area contributed by atoms with Crippen LogP contribution in [0.5, 0.6) is 0 Å². The summed E-state index contributed by atoms with van der Waals surface area (Å²) in [5, 5.41) is 0. The molecule has 0 N–H and O–H groups in total. The first-order valence-electron chi connectivity index (χ1n) is 9.95. The lowest BCUT2D eigenvalue weighted by Gasteiger charge is -2.62. The van der Waals surface area contributed by atoms with E-state index in [-0.39, 0.29) is 16.9 Å². The minimum atomic E-state index is -4.94. The van der Waals surface area contributed by atoms with Crippen molar-refractivity contribution in [3.63, 3.8) is 0 Å². The monoisotopic (exact) mass is 437 g/mol. The lowest BCUT2D eigenvalue weighted by Crippen LogP contribution is -2.78. The van der Waals surface area contributed by atoms with Crippen LogP contribution in [-0.4, -0.2) is 19.0 Å². The summed E-state index contributed by atoms with van der Waals surface area (Å²) in [6.07, 6.45) is 2.21. The quantitative estimate of drug-likeness (QED) is 0.458. The number of rotatable bonds is 4. The number of ether oxygens (including phenoxy) is 2. The van der Waals surface area contributed by atoms with Gasteiger partial charge < -0.3 is 9.47 Å². The number of hydrogen-bond donors (Lipinski definition) is 0. The minimum Gasteiger partial charge on any atom is -0.348 e. The van der Waals surface area contributed by atoms with Crippen LogP contribution in [-0.2, 0) is 14.9 Å². The van der Waals surface area contributed by atoms with Crippen molar-refractivity contribution in [2.75, 3.05) is 13.2 Å². The largest absolute Gasteiger partial charge is 0.348 e. The van der Waals surface area contributed by atoms with Gasteiger partial charge in [-0.25, -0.2) is 18.6 Å². The van der Waals surface area contributed by atoms with Crippen molar-refractivity contribution in [2.24, 2.45) is 5.41 Å². The summed E-state index contributed by atoms with van der Waals surface area (Å²) in [5.41, 5.74) is 3.37. The van der Waals surface area contributed by atoms with Crippen molar-refractivity contribution in [2.45, 2.75) is 51.9 Å². The van der Waals surface area contributed by atoms with E-state index in [1.165, 1.54) is 16.8 Å². The van der Waals surface area contributed by atoms with E-state index >= 15 is 0 Å². The maximum absolute atomic E-state index is 8.49. The van der Waals surface area contributed by atoms with E-state index in [1.54, 1.807) is 0 Å². The third-order valence-electron chi connectivity index (χ3n) is 6.36. The number of aromatic nitrogens is 1. The zero-order valence-corrected chi connectivity index (χ0v) is 18.6. The first-order valence-corrected chi connectivity index (χ1v) is 11.2. The van der Waals surface area contributed by atoms with Gasteiger partial charge in [0.25, 0.3) is 0 Å².